The number of ether oxygens (including phenoxy) is 1. The third-order valence-corrected chi connectivity index (χ3v) is 2.29. The SMILES string of the molecule is COc1cncc(C(O)c2cccnc2)c1. The van der Waals surface area contributed by atoms with Gasteiger partial charge in [0.1, 0.15) is 11.9 Å². The Labute approximate surface area is 93.6 Å². The average Bonchev–Trinajstić information content (AvgIpc) is 2.39. The van der Waals surface area contributed by atoms with Crippen LogP contribution in [0.2, 0.25) is 0 Å². The molecule has 16 heavy (non-hydrogen) atoms. The molecule has 2 aromatic rings. The number of aliphatic hydroxyl groups is 1. The van der Waals surface area contributed by atoms with Gasteiger partial charge in [0.05, 0.1) is 13.3 Å². The van der Waals surface area contributed by atoms with E-state index in [2.05, 4.69) is 9.97 Å². The molecule has 0 aliphatic rings. The van der Waals surface area contributed by atoms with Crippen LogP contribution in [0.5, 0.6) is 5.75 Å². The molecule has 82 valence electrons. The van der Waals surface area contributed by atoms with E-state index in [0.29, 0.717) is 11.3 Å². The highest BCUT2D eigenvalue weighted by Gasteiger charge is 2.11. The zero-order valence-electron chi connectivity index (χ0n) is 8.87. The van der Waals surface area contributed by atoms with Crippen molar-refractivity contribution in [2.45, 2.75) is 6.10 Å². The van der Waals surface area contributed by atoms with E-state index in [1.807, 2.05) is 6.07 Å². The summed E-state index contributed by atoms with van der Waals surface area (Å²) in [6.07, 6.45) is 5.78. The minimum absolute atomic E-state index is 0.625. The number of nitrogens with zero attached hydrogens (tertiary/aromatic N) is 2. The average molecular weight is 216 g/mol. The molecule has 2 aromatic heterocycles. The lowest BCUT2D eigenvalue weighted by Crippen LogP contribution is -2.01. The van der Waals surface area contributed by atoms with Gasteiger partial charge in [-0.05, 0) is 12.1 Å². The molecule has 1 atom stereocenters. The van der Waals surface area contributed by atoms with Crippen LogP contribution >= 0.6 is 0 Å². The Morgan fingerprint density at radius 3 is 2.69 bits per heavy atom. The molecule has 0 fully saturated rings. The first-order chi connectivity index (χ1) is 7.81. The van der Waals surface area contributed by atoms with Crippen LogP contribution in [0.4, 0.5) is 0 Å². The van der Waals surface area contributed by atoms with E-state index in [9.17, 15) is 5.11 Å². The lowest BCUT2D eigenvalue weighted by atomic mass is 10.1. The van der Waals surface area contributed by atoms with Crippen LogP contribution in [-0.4, -0.2) is 22.2 Å². The van der Waals surface area contributed by atoms with Crippen molar-refractivity contribution >= 4 is 0 Å². The van der Waals surface area contributed by atoms with Crippen LogP contribution in [0.1, 0.15) is 17.2 Å². The summed E-state index contributed by atoms with van der Waals surface area (Å²) in [6, 6.07) is 5.36. The molecule has 2 heterocycles. The second-order valence-corrected chi connectivity index (χ2v) is 3.35. The maximum Gasteiger partial charge on any atom is 0.137 e. The van der Waals surface area contributed by atoms with E-state index in [1.165, 1.54) is 0 Å². The van der Waals surface area contributed by atoms with Gasteiger partial charge in [-0.1, -0.05) is 6.07 Å². The van der Waals surface area contributed by atoms with Crippen LogP contribution in [0.25, 0.3) is 0 Å². The van der Waals surface area contributed by atoms with Crippen LogP contribution < -0.4 is 4.74 Å². The normalized spacial score (nSPS) is 12.1. The molecular formula is C12H12N2O2. The molecule has 4 heteroatoms. The van der Waals surface area contributed by atoms with Crippen LogP contribution in [0.3, 0.4) is 0 Å². The van der Waals surface area contributed by atoms with E-state index in [-0.39, 0.29) is 0 Å². The fourth-order valence-electron chi connectivity index (χ4n) is 1.43. The van der Waals surface area contributed by atoms with Crippen LogP contribution in [0.15, 0.2) is 43.0 Å². The summed E-state index contributed by atoms with van der Waals surface area (Å²) >= 11 is 0. The Bertz CT molecular complexity index is 460. The van der Waals surface area contributed by atoms with Crippen molar-refractivity contribution in [3.05, 3.63) is 54.1 Å². The van der Waals surface area contributed by atoms with Gasteiger partial charge in [0.15, 0.2) is 0 Å². The first kappa shape index (κ1) is 10.6. The first-order valence-electron chi connectivity index (χ1n) is 4.88. The third kappa shape index (κ3) is 2.17. The lowest BCUT2D eigenvalue weighted by Gasteiger charge is -2.11. The number of rotatable bonds is 3. The summed E-state index contributed by atoms with van der Waals surface area (Å²) in [5.74, 6) is 0.625. The monoisotopic (exact) mass is 216 g/mol. The van der Waals surface area contributed by atoms with Crippen molar-refractivity contribution in [3.63, 3.8) is 0 Å². The number of methoxy groups -OCH3 is 1. The van der Waals surface area contributed by atoms with Crippen molar-refractivity contribution in [2.24, 2.45) is 0 Å². The molecular weight excluding hydrogens is 204 g/mol. The van der Waals surface area contributed by atoms with Crippen LogP contribution in [0, 0.1) is 0 Å². The van der Waals surface area contributed by atoms with Gasteiger partial charge in [-0.25, -0.2) is 0 Å². The van der Waals surface area contributed by atoms with E-state index in [0.717, 1.165) is 5.56 Å². The summed E-state index contributed by atoms with van der Waals surface area (Å²) in [6.45, 7) is 0. The van der Waals surface area contributed by atoms with Crippen molar-refractivity contribution in [1.82, 2.24) is 9.97 Å². The molecule has 1 unspecified atom stereocenters. The van der Waals surface area contributed by atoms with Crippen molar-refractivity contribution in [2.75, 3.05) is 7.11 Å². The van der Waals surface area contributed by atoms with Gasteiger partial charge in [-0.15, -0.1) is 0 Å². The molecule has 0 spiro atoms. The maximum atomic E-state index is 10.1. The van der Waals surface area contributed by atoms with Crippen molar-refractivity contribution in [3.8, 4) is 5.75 Å². The minimum Gasteiger partial charge on any atom is -0.495 e. The summed E-state index contributed by atoms with van der Waals surface area (Å²) in [7, 11) is 1.57. The quantitative estimate of drug-likeness (QED) is 0.846. The molecule has 2 rings (SSSR count). The molecule has 0 radical (unpaired) electrons. The number of aliphatic hydroxyl groups excluding tert-OH is 1. The summed E-state index contributed by atoms with van der Waals surface area (Å²) in [5, 5.41) is 10.1. The molecule has 0 saturated carbocycles. The van der Waals surface area contributed by atoms with E-state index < -0.39 is 6.10 Å². The van der Waals surface area contributed by atoms with Gasteiger partial charge in [-0.3, -0.25) is 9.97 Å². The van der Waals surface area contributed by atoms with E-state index in [4.69, 9.17) is 4.74 Å². The molecule has 0 aliphatic carbocycles. The zero-order valence-corrected chi connectivity index (χ0v) is 8.87. The van der Waals surface area contributed by atoms with Gasteiger partial charge >= 0.3 is 0 Å². The Morgan fingerprint density at radius 2 is 2.00 bits per heavy atom. The predicted molar refractivity (Wildman–Crippen MR) is 59.1 cm³/mol. The minimum atomic E-state index is -0.726. The summed E-state index contributed by atoms with van der Waals surface area (Å²) in [5.41, 5.74) is 1.42. The van der Waals surface area contributed by atoms with Gasteiger partial charge in [0.25, 0.3) is 0 Å². The number of pyridine rings is 2. The largest absolute Gasteiger partial charge is 0.495 e. The standard InChI is InChI=1S/C12H12N2O2/c1-16-11-5-10(7-14-8-11)12(15)9-3-2-4-13-6-9/h2-8,12,15H,1H3. The molecule has 0 aliphatic heterocycles. The molecule has 1 N–H and O–H groups in total. The van der Waals surface area contributed by atoms with Gasteiger partial charge in [0, 0.05) is 29.7 Å². The second-order valence-electron chi connectivity index (χ2n) is 3.35. The highest BCUT2D eigenvalue weighted by atomic mass is 16.5. The number of aromatic nitrogens is 2. The second kappa shape index (κ2) is 4.72. The Balaban J connectivity index is 2.30. The Morgan fingerprint density at radius 1 is 1.19 bits per heavy atom. The van der Waals surface area contributed by atoms with Gasteiger partial charge < -0.3 is 9.84 Å². The number of hydrogen-bond donors (Lipinski definition) is 1. The maximum absolute atomic E-state index is 10.1. The smallest absolute Gasteiger partial charge is 0.137 e. The molecule has 0 bridgehead atoms. The fourth-order valence-corrected chi connectivity index (χ4v) is 1.43. The third-order valence-electron chi connectivity index (χ3n) is 2.29. The molecule has 0 amide bonds. The zero-order chi connectivity index (χ0) is 11.4. The van der Waals surface area contributed by atoms with Crippen molar-refractivity contribution in [1.29, 1.82) is 0 Å². The van der Waals surface area contributed by atoms with Crippen LogP contribution in [-0.2, 0) is 0 Å². The fraction of sp³-hybridized carbons (Fsp3) is 0.167. The highest BCUT2D eigenvalue weighted by molar-refractivity contribution is 5.30. The highest BCUT2D eigenvalue weighted by Crippen LogP contribution is 2.22. The number of hydrogen-bond acceptors (Lipinski definition) is 4. The summed E-state index contributed by atoms with van der Waals surface area (Å²) in [4.78, 5) is 7.96. The molecule has 0 aromatic carbocycles. The molecule has 0 saturated heterocycles. The Hall–Kier alpha value is -1.94. The van der Waals surface area contributed by atoms with Gasteiger partial charge in [-0.2, -0.15) is 0 Å². The summed E-state index contributed by atoms with van der Waals surface area (Å²) < 4.78 is 5.05. The molecule has 4 nitrogen and oxygen atoms in total. The van der Waals surface area contributed by atoms with E-state index >= 15 is 0 Å². The van der Waals surface area contributed by atoms with Crippen molar-refractivity contribution < 1.29 is 9.84 Å². The topological polar surface area (TPSA) is 55.2 Å². The van der Waals surface area contributed by atoms with E-state index in [1.54, 1.807) is 44.0 Å². The first-order valence-corrected chi connectivity index (χ1v) is 4.88. The van der Waals surface area contributed by atoms with Gasteiger partial charge in [0.2, 0.25) is 0 Å². The Kier molecular flexibility index (Phi) is 3.12. The lowest BCUT2D eigenvalue weighted by molar-refractivity contribution is 0.219. The predicted octanol–water partition coefficient (Wildman–Crippen LogP) is 1.57.